The Bertz CT molecular complexity index is 1400. The van der Waals surface area contributed by atoms with Gasteiger partial charge in [0, 0.05) is 28.8 Å². The number of nitro groups is 1. The molecule has 5 nitrogen and oxygen atoms in total. The summed E-state index contributed by atoms with van der Waals surface area (Å²) in [5.41, 5.74) is 6.93. The number of hydrogen-bond donors (Lipinski definition) is 1. The summed E-state index contributed by atoms with van der Waals surface area (Å²) < 4.78 is 5.98. The highest BCUT2D eigenvalue weighted by molar-refractivity contribution is 6.30. The second kappa shape index (κ2) is 8.75. The monoisotopic (exact) mass is 482 g/mol. The average molecular weight is 483 g/mol. The number of non-ortho nitro benzene ring substituents is 1. The molecule has 4 aromatic rings. The number of anilines is 1. The van der Waals surface area contributed by atoms with Crippen LogP contribution in [0.4, 0.5) is 11.4 Å². The number of nitro benzene ring substituents is 1. The molecule has 0 amide bonds. The molecule has 1 heterocycles. The normalized spacial score (nSPS) is 19.7. The molecule has 1 aliphatic heterocycles. The number of nitrogens with zero attached hydrogens (tertiary/aromatic N) is 1. The zero-order valence-electron chi connectivity index (χ0n) is 18.9. The van der Waals surface area contributed by atoms with Gasteiger partial charge in [0.1, 0.15) is 12.4 Å². The molecule has 35 heavy (non-hydrogen) atoms. The fraction of sp³-hybridized carbons (Fsp3) is 0.172. The highest BCUT2D eigenvalue weighted by atomic mass is 35.5. The van der Waals surface area contributed by atoms with E-state index in [0.29, 0.717) is 11.6 Å². The molecule has 2 aliphatic rings. The molecule has 1 N–H and O–H groups in total. The van der Waals surface area contributed by atoms with Crippen molar-refractivity contribution in [1.82, 2.24) is 0 Å². The number of hydrogen-bond acceptors (Lipinski definition) is 4. The van der Waals surface area contributed by atoms with Crippen LogP contribution in [0, 0.1) is 16.0 Å². The number of ether oxygens (including phenoxy) is 1. The lowest BCUT2D eigenvalue weighted by molar-refractivity contribution is -0.384. The van der Waals surface area contributed by atoms with Crippen LogP contribution in [0.5, 0.6) is 5.75 Å². The first kappa shape index (κ1) is 21.7. The maximum Gasteiger partial charge on any atom is 0.269 e. The molecule has 4 aromatic carbocycles. The van der Waals surface area contributed by atoms with E-state index in [1.54, 1.807) is 12.1 Å². The smallest absolute Gasteiger partial charge is 0.269 e. The van der Waals surface area contributed by atoms with Crippen LogP contribution in [0.2, 0.25) is 5.02 Å². The highest BCUT2D eigenvalue weighted by Crippen LogP contribution is 2.54. The van der Waals surface area contributed by atoms with Crippen LogP contribution in [-0.2, 0) is 13.0 Å². The van der Waals surface area contributed by atoms with Crippen molar-refractivity contribution >= 4 is 23.0 Å². The third-order valence-corrected chi connectivity index (χ3v) is 7.40. The molecule has 0 fully saturated rings. The molecule has 3 atom stereocenters. The second-order valence-corrected chi connectivity index (χ2v) is 9.62. The van der Waals surface area contributed by atoms with Crippen molar-refractivity contribution in [2.45, 2.75) is 25.0 Å². The van der Waals surface area contributed by atoms with E-state index in [1.807, 2.05) is 42.5 Å². The molecular weight excluding hydrogens is 460 g/mol. The fourth-order valence-electron chi connectivity index (χ4n) is 5.51. The zero-order valence-corrected chi connectivity index (χ0v) is 19.6. The van der Waals surface area contributed by atoms with E-state index < -0.39 is 0 Å². The van der Waals surface area contributed by atoms with Crippen LogP contribution in [0.15, 0.2) is 91.0 Å². The molecule has 0 spiro atoms. The van der Waals surface area contributed by atoms with Crippen molar-refractivity contribution in [3.05, 3.63) is 134 Å². The lowest BCUT2D eigenvalue weighted by Crippen LogP contribution is -2.30. The van der Waals surface area contributed by atoms with Gasteiger partial charge in [0.25, 0.3) is 5.69 Å². The van der Waals surface area contributed by atoms with Crippen molar-refractivity contribution in [2.75, 3.05) is 5.32 Å². The maximum atomic E-state index is 11.5. The van der Waals surface area contributed by atoms with Crippen LogP contribution >= 0.6 is 11.6 Å². The first-order chi connectivity index (χ1) is 17.1. The number of benzene rings is 4. The van der Waals surface area contributed by atoms with Crippen molar-refractivity contribution in [3.8, 4) is 5.75 Å². The van der Waals surface area contributed by atoms with Crippen molar-refractivity contribution in [2.24, 2.45) is 5.92 Å². The largest absolute Gasteiger partial charge is 0.489 e. The Labute approximate surface area is 208 Å². The van der Waals surface area contributed by atoms with Gasteiger partial charge in [0.15, 0.2) is 0 Å². The van der Waals surface area contributed by atoms with Gasteiger partial charge in [-0.05, 0) is 70.5 Å². The molecule has 1 aliphatic carbocycles. The Morgan fingerprint density at radius 3 is 2.49 bits per heavy atom. The van der Waals surface area contributed by atoms with Crippen LogP contribution < -0.4 is 10.1 Å². The lowest BCUT2D eigenvalue weighted by Gasteiger charge is -2.38. The van der Waals surface area contributed by atoms with E-state index in [0.717, 1.165) is 29.0 Å². The third-order valence-electron chi connectivity index (χ3n) is 7.15. The van der Waals surface area contributed by atoms with Crippen LogP contribution in [0.3, 0.4) is 0 Å². The van der Waals surface area contributed by atoms with Crippen molar-refractivity contribution in [1.29, 1.82) is 0 Å². The summed E-state index contributed by atoms with van der Waals surface area (Å²) in [5, 5.41) is 15.9. The number of rotatable bonds is 5. The summed E-state index contributed by atoms with van der Waals surface area (Å²) in [5.74, 6) is 1.19. The van der Waals surface area contributed by atoms with Crippen molar-refractivity contribution in [3.63, 3.8) is 0 Å². The summed E-state index contributed by atoms with van der Waals surface area (Å²) in [4.78, 5) is 11.2. The number of halogens is 1. The standard InChI is InChI=1S/C29H23ClN2O3/c30-21-9-5-18(6-10-21)17-35-23-12-7-19(8-13-23)29-26-15-20-3-1-2-4-24(20)28(26)25-16-22(32(33)34)11-14-27(25)31-29/h1-14,16,26,28-29,31H,15,17H2/t26-,28-,29-/m0/s1. The summed E-state index contributed by atoms with van der Waals surface area (Å²) in [6, 6.07) is 29.6. The Hall–Kier alpha value is -3.83. The minimum atomic E-state index is -0.314. The van der Waals surface area contributed by atoms with E-state index in [2.05, 4.69) is 41.7 Å². The topological polar surface area (TPSA) is 64.4 Å². The summed E-state index contributed by atoms with van der Waals surface area (Å²) in [6.45, 7) is 0.477. The Kier molecular flexibility index (Phi) is 5.42. The molecule has 0 unspecified atom stereocenters. The van der Waals surface area contributed by atoms with Gasteiger partial charge in [-0.1, -0.05) is 60.1 Å². The predicted molar refractivity (Wildman–Crippen MR) is 137 cm³/mol. The van der Waals surface area contributed by atoms with Crippen LogP contribution in [0.25, 0.3) is 0 Å². The molecule has 0 saturated carbocycles. The summed E-state index contributed by atoms with van der Waals surface area (Å²) in [7, 11) is 0. The SMILES string of the molecule is O=[N+]([O-])c1ccc2c(c1)[C@@H]1c3ccccc3C[C@@H]1[C@H](c1ccc(OCc3ccc(Cl)cc3)cc1)N2. The quantitative estimate of drug-likeness (QED) is 0.239. The molecule has 0 radical (unpaired) electrons. The van der Waals surface area contributed by atoms with Crippen LogP contribution in [0.1, 0.15) is 39.8 Å². The molecule has 6 rings (SSSR count). The minimum Gasteiger partial charge on any atom is -0.489 e. The third kappa shape index (κ3) is 4.02. The molecule has 0 saturated heterocycles. The molecule has 0 bridgehead atoms. The minimum absolute atomic E-state index is 0.0895. The van der Waals surface area contributed by atoms with E-state index in [9.17, 15) is 10.1 Å². The Morgan fingerprint density at radius 2 is 1.71 bits per heavy atom. The average Bonchev–Trinajstić information content (AvgIpc) is 3.28. The first-order valence-corrected chi connectivity index (χ1v) is 12.0. The van der Waals surface area contributed by atoms with E-state index in [4.69, 9.17) is 16.3 Å². The van der Waals surface area contributed by atoms with Gasteiger partial charge in [-0.15, -0.1) is 0 Å². The second-order valence-electron chi connectivity index (χ2n) is 9.18. The zero-order chi connectivity index (χ0) is 23.9. The molecule has 0 aromatic heterocycles. The van der Waals surface area contributed by atoms with E-state index in [1.165, 1.54) is 16.7 Å². The molecule has 6 heteroatoms. The van der Waals surface area contributed by atoms with E-state index in [-0.39, 0.29) is 28.5 Å². The summed E-state index contributed by atoms with van der Waals surface area (Å²) in [6.07, 6.45) is 0.926. The van der Waals surface area contributed by atoms with E-state index >= 15 is 0 Å². The van der Waals surface area contributed by atoms with Crippen molar-refractivity contribution < 1.29 is 9.66 Å². The van der Waals surface area contributed by atoms with Gasteiger partial charge >= 0.3 is 0 Å². The summed E-state index contributed by atoms with van der Waals surface area (Å²) >= 11 is 5.96. The van der Waals surface area contributed by atoms with Gasteiger partial charge < -0.3 is 10.1 Å². The van der Waals surface area contributed by atoms with Gasteiger partial charge in [0.2, 0.25) is 0 Å². The number of nitrogens with one attached hydrogen (secondary N) is 1. The van der Waals surface area contributed by atoms with Gasteiger partial charge in [-0.3, -0.25) is 10.1 Å². The van der Waals surface area contributed by atoms with Gasteiger partial charge in [0.05, 0.1) is 11.0 Å². The first-order valence-electron chi connectivity index (χ1n) is 11.7. The lowest BCUT2D eigenvalue weighted by atomic mass is 9.75. The Balaban J connectivity index is 1.29. The van der Waals surface area contributed by atoms with Crippen LogP contribution in [-0.4, -0.2) is 4.92 Å². The molecule has 174 valence electrons. The molecular formula is C29H23ClN2O3. The van der Waals surface area contributed by atoms with Gasteiger partial charge in [-0.2, -0.15) is 0 Å². The Morgan fingerprint density at radius 1 is 0.943 bits per heavy atom. The maximum absolute atomic E-state index is 11.5. The number of fused-ring (bicyclic) bond motifs is 5. The fourth-order valence-corrected chi connectivity index (χ4v) is 5.64. The predicted octanol–water partition coefficient (Wildman–Crippen LogP) is 7.30. The van der Waals surface area contributed by atoms with Gasteiger partial charge in [-0.25, -0.2) is 0 Å². The highest BCUT2D eigenvalue weighted by Gasteiger charge is 2.43.